The maximum Gasteiger partial charge on any atom is 0.250 e. The standard InChI is InChI=1S/C30H32N6O2/c1-5-23-7-6-16-36(23)30(38)21-10-8-19(9-11-21)24-25-27(31)32-17-33-28(25)35(4)26(24)20-12-14-22(15-13-20)34-29(37)18(2)3/h1,8,12-15,17,21,23H,2,6-7,9-11,16H2,3-4H3,(H,34,37)(H2,31,32,33)/t21-,23-/m0/s1. The fourth-order valence-corrected chi connectivity index (χ4v) is 5.60. The van der Waals surface area contributed by atoms with E-state index < -0.39 is 0 Å². The number of aromatic nitrogens is 3. The summed E-state index contributed by atoms with van der Waals surface area (Å²) in [5, 5.41) is 3.66. The number of fused-ring (bicyclic) bond motifs is 1. The Hall–Kier alpha value is -4.38. The summed E-state index contributed by atoms with van der Waals surface area (Å²) in [6.45, 7) is 6.10. The van der Waals surface area contributed by atoms with Crippen molar-refractivity contribution in [3.8, 4) is 23.6 Å². The van der Waals surface area contributed by atoms with E-state index in [0.717, 1.165) is 65.7 Å². The van der Waals surface area contributed by atoms with Gasteiger partial charge in [-0.1, -0.05) is 30.7 Å². The topological polar surface area (TPSA) is 106 Å². The van der Waals surface area contributed by atoms with E-state index in [2.05, 4.69) is 33.9 Å². The molecule has 1 aliphatic heterocycles. The van der Waals surface area contributed by atoms with Gasteiger partial charge in [0, 0.05) is 36.3 Å². The van der Waals surface area contributed by atoms with Crippen LogP contribution in [0.3, 0.4) is 0 Å². The number of benzene rings is 1. The molecule has 0 spiro atoms. The summed E-state index contributed by atoms with van der Waals surface area (Å²) < 4.78 is 2.03. The van der Waals surface area contributed by atoms with Crippen LogP contribution in [-0.4, -0.2) is 43.8 Å². The number of nitrogen functional groups attached to an aromatic ring is 1. The Kier molecular flexibility index (Phi) is 6.77. The van der Waals surface area contributed by atoms with Crippen molar-refractivity contribution in [2.24, 2.45) is 13.0 Å². The van der Waals surface area contributed by atoms with Gasteiger partial charge in [0.15, 0.2) is 0 Å². The predicted octanol–water partition coefficient (Wildman–Crippen LogP) is 4.54. The minimum atomic E-state index is -0.218. The number of aryl methyl sites for hydroxylation is 1. The number of hydrogen-bond acceptors (Lipinski definition) is 5. The average Bonchev–Trinajstić information content (AvgIpc) is 3.52. The predicted molar refractivity (Wildman–Crippen MR) is 151 cm³/mol. The van der Waals surface area contributed by atoms with Crippen LogP contribution in [0, 0.1) is 18.3 Å². The van der Waals surface area contributed by atoms with Crippen LogP contribution in [0.2, 0.25) is 0 Å². The summed E-state index contributed by atoms with van der Waals surface area (Å²) in [4.78, 5) is 36.0. The Morgan fingerprint density at radius 3 is 2.63 bits per heavy atom. The quantitative estimate of drug-likeness (QED) is 0.389. The van der Waals surface area contributed by atoms with Crippen LogP contribution in [0.5, 0.6) is 0 Å². The third-order valence-electron chi connectivity index (χ3n) is 7.61. The second-order valence-corrected chi connectivity index (χ2v) is 10.1. The van der Waals surface area contributed by atoms with Crippen molar-refractivity contribution >= 4 is 39.9 Å². The number of nitrogens with two attached hydrogens (primary N) is 1. The molecule has 1 aliphatic carbocycles. The summed E-state index contributed by atoms with van der Waals surface area (Å²) >= 11 is 0. The lowest BCUT2D eigenvalue weighted by molar-refractivity contribution is -0.135. The third-order valence-corrected chi connectivity index (χ3v) is 7.61. The number of carbonyl (C=O) groups excluding carboxylic acids is 2. The highest BCUT2D eigenvalue weighted by Gasteiger charge is 2.34. The molecule has 3 heterocycles. The van der Waals surface area contributed by atoms with Gasteiger partial charge in [0.05, 0.1) is 17.1 Å². The first-order valence-electron chi connectivity index (χ1n) is 12.9. The van der Waals surface area contributed by atoms with E-state index in [1.54, 1.807) is 6.92 Å². The molecule has 1 aromatic carbocycles. The molecule has 0 saturated carbocycles. The van der Waals surface area contributed by atoms with Gasteiger partial charge >= 0.3 is 0 Å². The monoisotopic (exact) mass is 508 g/mol. The number of nitrogens with one attached hydrogen (secondary N) is 1. The fourth-order valence-electron chi connectivity index (χ4n) is 5.60. The molecule has 2 aromatic heterocycles. The molecule has 8 nitrogen and oxygen atoms in total. The number of amides is 2. The fraction of sp³-hybridized carbons (Fsp3) is 0.333. The zero-order chi connectivity index (χ0) is 27.0. The van der Waals surface area contributed by atoms with Crippen LogP contribution in [0.4, 0.5) is 11.5 Å². The number of anilines is 2. The molecule has 194 valence electrons. The summed E-state index contributed by atoms with van der Waals surface area (Å²) in [6, 6.07) is 7.59. The zero-order valence-corrected chi connectivity index (χ0v) is 21.8. The Balaban J connectivity index is 1.51. The van der Waals surface area contributed by atoms with Gasteiger partial charge < -0.3 is 20.5 Å². The molecule has 8 heteroatoms. The van der Waals surface area contributed by atoms with Crippen molar-refractivity contribution in [1.29, 1.82) is 0 Å². The van der Waals surface area contributed by atoms with E-state index in [1.807, 2.05) is 40.8 Å². The Morgan fingerprint density at radius 2 is 1.97 bits per heavy atom. The number of terminal acetylenes is 1. The first-order valence-corrected chi connectivity index (χ1v) is 12.9. The van der Waals surface area contributed by atoms with Crippen molar-refractivity contribution in [2.45, 2.75) is 45.1 Å². The van der Waals surface area contributed by atoms with Crippen molar-refractivity contribution in [2.75, 3.05) is 17.6 Å². The molecule has 1 saturated heterocycles. The second kappa shape index (κ2) is 10.2. The maximum absolute atomic E-state index is 13.2. The number of allylic oxidation sites excluding steroid dienone is 2. The van der Waals surface area contributed by atoms with E-state index in [0.29, 0.717) is 23.5 Å². The minimum Gasteiger partial charge on any atom is -0.383 e. The highest BCUT2D eigenvalue weighted by atomic mass is 16.2. The largest absolute Gasteiger partial charge is 0.383 e. The minimum absolute atomic E-state index is 0.0732. The number of likely N-dealkylation sites (tertiary alicyclic amines) is 1. The van der Waals surface area contributed by atoms with Gasteiger partial charge in [-0.2, -0.15) is 0 Å². The lowest BCUT2D eigenvalue weighted by atomic mass is 9.84. The van der Waals surface area contributed by atoms with Gasteiger partial charge in [-0.15, -0.1) is 6.42 Å². The normalized spacial score (nSPS) is 19.2. The Bertz CT molecular complexity index is 1510. The number of nitrogens with zero attached hydrogens (tertiary/aromatic N) is 4. The van der Waals surface area contributed by atoms with Crippen molar-refractivity contribution < 1.29 is 9.59 Å². The summed E-state index contributed by atoms with van der Waals surface area (Å²) in [6.07, 6.45) is 13.3. The van der Waals surface area contributed by atoms with Crippen LogP contribution in [0.25, 0.3) is 27.9 Å². The first-order chi connectivity index (χ1) is 18.3. The van der Waals surface area contributed by atoms with Gasteiger partial charge in [-0.25, -0.2) is 9.97 Å². The third kappa shape index (κ3) is 4.45. The second-order valence-electron chi connectivity index (χ2n) is 10.1. The van der Waals surface area contributed by atoms with Crippen molar-refractivity contribution in [1.82, 2.24) is 19.4 Å². The maximum atomic E-state index is 13.2. The summed E-state index contributed by atoms with van der Waals surface area (Å²) in [5.74, 6) is 3.07. The van der Waals surface area contributed by atoms with E-state index in [9.17, 15) is 9.59 Å². The molecular weight excluding hydrogens is 476 g/mol. The molecule has 3 aromatic rings. The lowest BCUT2D eigenvalue weighted by Crippen LogP contribution is -2.39. The highest BCUT2D eigenvalue weighted by molar-refractivity contribution is 6.05. The van der Waals surface area contributed by atoms with E-state index in [4.69, 9.17) is 12.2 Å². The smallest absolute Gasteiger partial charge is 0.250 e. The number of carbonyl (C=O) groups is 2. The Morgan fingerprint density at radius 1 is 1.21 bits per heavy atom. The molecule has 2 atom stereocenters. The summed E-state index contributed by atoms with van der Waals surface area (Å²) in [7, 11) is 1.97. The highest BCUT2D eigenvalue weighted by Crippen LogP contribution is 2.43. The van der Waals surface area contributed by atoms with Gasteiger partial charge in [0.1, 0.15) is 17.8 Å². The molecule has 1 fully saturated rings. The van der Waals surface area contributed by atoms with Crippen LogP contribution in [-0.2, 0) is 16.6 Å². The lowest BCUT2D eigenvalue weighted by Gasteiger charge is -2.28. The van der Waals surface area contributed by atoms with E-state index >= 15 is 0 Å². The number of hydrogen-bond donors (Lipinski definition) is 2. The SMILES string of the molecule is C#C[C@H]1CCCN1C(=O)[C@H]1CC=C(c2c(-c3ccc(NC(=O)C(=C)C)cc3)n(C)c3ncnc(N)c23)CC1. The molecule has 2 amide bonds. The van der Waals surface area contributed by atoms with Gasteiger partial charge in [0.2, 0.25) is 5.91 Å². The molecular formula is C30H32N6O2. The van der Waals surface area contributed by atoms with Crippen molar-refractivity contribution in [3.63, 3.8) is 0 Å². The van der Waals surface area contributed by atoms with Crippen LogP contribution in [0.15, 0.2) is 48.8 Å². The molecule has 2 aliphatic rings. The zero-order valence-electron chi connectivity index (χ0n) is 21.8. The van der Waals surface area contributed by atoms with Gasteiger partial charge in [-0.3, -0.25) is 9.59 Å². The van der Waals surface area contributed by atoms with Crippen molar-refractivity contribution in [3.05, 3.63) is 54.4 Å². The molecule has 0 radical (unpaired) electrons. The number of rotatable bonds is 5. The van der Waals surface area contributed by atoms with E-state index in [1.165, 1.54) is 6.33 Å². The average molecular weight is 509 g/mol. The first kappa shape index (κ1) is 25.3. The van der Waals surface area contributed by atoms with E-state index in [-0.39, 0.29) is 23.8 Å². The van der Waals surface area contributed by atoms with Crippen LogP contribution < -0.4 is 11.1 Å². The molecule has 0 unspecified atom stereocenters. The molecule has 38 heavy (non-hydrogen) atoms. The van der Waals surface area contributed by atoms with Crippen LogP contribution >= 0.6 is 0 Å². The van der Waals surface area contributed by atoms with Crippen LogP contribution in [0.1, 0.15) is 44.6 Å². The molecule has 0 bridgehead atoms. The van der Waals surface area contributed by atoms with Gasteiger partial charge in [-0.05, 0) is 62.3 Å². The molecule has 3 N–H and O–H groups in total. The Labute approximate surface area is 222 Å². The molecule has 5 rings (SSSR count). The summed E-state index contributed by atoms with van der Waals surface area (Å²) in [5.41, 5.74) is 12.3. The van der Waals surface area contributed by atoms with Gasteiger partial charge in [0.25, 0.3) is 5.91 Å².